The van der Waals surface area contributed by atoms with Crippen LogP contribution in [0.3, 0.4) is 0 Å². The Hall–Kier alpha value is -1.10. The summed E-state index contributed by atoms with van der Waals surface area (Å²) >= 11 is 0. The maximum atomic E-state index is 10.0. The standard InChI is InChI=1S/C14H21NO3/c1-8-3-4-12(18)14-11(5-9(2)13(8)14)15-10(6-16)7-17/h3-4,9-11,15-18H,5-7H2,1-2H3. The Morgan fingerprint density at radius 2 is 1.94 bits per heavy atom. The van der Waals surface area contributed by atoms with Crippen LogP contribution in [0.2, 0.25) is 0 Å². The molecule has 0 heterocycles. The molecule has 4 nitrogen and oxygen atoms in total. The molecule has 1 aliphatic carbocycles. The summed E-state index contributed by atoms with van der Waals surface area (Å²) in [5.74, 6) is 0.676. The first-order chi connectivity index (χ1) is 8.58. The van der Waals surface area contributed by atoms with Gasteiger partial charge in [0, 0.05) is 11.6 Å². The molecule has 4 N–H and O–H groups in total. The molecule has 0 radical (unpaired) electrons. The smallest absolute Gasteiger partial charge is 0.120 e. The lowest BCUT2D eigenvalue weighted by molar-refractivity contribution is 0.161. The molecule has 1 aliphatic rings. The average molecular weight is 251 g/mol. The van der Waals surface area contributed by atoms with Gasteiger partial charge in [0.25, 0.3) is 0 Å². The lowest BCUT2D eigenvalue weighted by Crippen LogP contribution is -2.37. The van der Waals surface area contributed by atoms with Gasteiger partial charge in [0.15, 0.2) is 0 Å². The van der Waals surface area contributed by atoms with Gasteiger partial charge in [-0.2, -0.15) is 0 Å². The first-order valence-electron chi connectivity index (χ1n) is 6.38. The van der Waals surface area contributed by atoms with Crippen LogP contribution in [0, 0.1) is 6.92 Å². The number of hydrogen-bond donors (Lipinski definition) is 4. The van der Waals surface area contributed by atoms with Crippen molar-refractivity contribution < 1.29 is 15.3 Å². The number of phenolic OH excluding ortho intramolecular Hbond substituents is 1. The van der Waals surface area contributed by atoms with Gasteiger partial charge >= 0.3 is 0 Å². The molecular weight excluding hydrogens is 230 g/mol. The summed E-state index contributed by atoms with van der Waals surface area (Å²) in [6.45, 7) is 3.97. The Kier molecular flexibility index (Phi) is 3.90. The minimum absolute atomic E-state index is 0.000741. The van der Waals surface area contributed by atoms with Gasteiger partial charge in [-0.15, -0.1) is 0 Å². The second kappa shape index (κ2) is 5.26. The zero-order valence-corrected chi connectivity index (χ0v) is 10.8. The monoisotopic (exact) mass is 251 g/mol. The Morgan fingerprint density at radius 1 is 1.28 bits per heavy atom. The highest BCUT2D eigenvalue weighted by atomic mass is 16.3. The molecule has 2 rings (SSSR count). The summed E-state index contributed by atoms with van der Waals surface area (Å²) < 4.78 is 0. The molecule has 1 aromatic carbocycles. The van der Waals surface area contributed by atoms with E-state index in [4.69, 9.17) is 10.2 Å². The Labute approximate surface area is 107 Å². The number of aromatic hydroxyl groups is 1. The first kappa shape index (κ1) is 13.3. The Balaban J connectivity index is 2.32. The van der Waals surface area contributed by atoms with Gasteiger partial charge in [-0.25, -0.2) is 0 Å². The van der Waals surface area contributed by atoms with E-state index in [9.17, 15) is 5.11 Å². The predicted molar refractivity (Wildman–Crippen MR) is 69.7 cm³/mol. The van der Waals surface area contributed by atoms with Crippen molar-refractivity contribution >= 4 is 0 Å². The number of benzene rings is 1. The van der Waals surface area contributed by atoms with Gasteiger partial charge < -0.3 is 20.6 Å². The summed E-state index contributed by atoms with van der Waals surface area (Å²) in [5, 5.41) is 31.5. The average Bonchev–Trinajstić information content (AvgIpc) is 2.69. The number of aryl methyl sites for hydroxylation is 1. The normalized spacial score (nSPS) is 22.5. The molecule has 2 atom stereocenters. The van der Waals surface area contributed by atoms with Crippen molar-refractivity contribution in [3.05, 3.63) is 28.8 Å². The SMILES string of the molecule is Cc1ccc(O)c2c1C(C)CC2NC(CO)CO. The Morgan fingerprint density at radius 3 is 2.56 bits per heavy atom. The zero-order chi connectivity index (χ0) is 13.3. The zero-order valence-electron chi connectivity index (χ0n) is 10.8. The predicted octanol–water partition coefficient (Wildman–Crippen LogP) is 1.19. The second-order valence-electron chi connectivity index (χ2n) is 5.15. The van der Waals surface area contributed by atoms with E-state index >= 15 is 0 Å². The lowest BCUT2D eigenvalue weighted by atomic mass is 9.97. The minimum Gasteiger partial charge on any atom is -0.508 e. The molecule has 0 fully saturated rings. The number of fused-ring (bicyclic) bond motifs is 1. The summed E-state index contributed by atoms with van der Waals surface area (Å²) in [6.07, 6.45) is 0.879. The molecule has 0 saturated carbocycles. The van der Waals surface area contributed by atoms with Crippen molar-refractivity contribution in [2.75, 3.05) is 13.2 Å². The van der Waals surface area contributed by atoms with E-state index in [1.54, 1.807) is 6.07 Å². The molecule has 0 spiro atoms. The fourth-order valence-electron chi connectivity index (χ4n) is 2.94. The van der Waals surface area contributed by atoms with Crippen molar-refractivity contribution in [1.29, 1.82) is 0 Å². The number of nitrogens with one attached hydrogen (secondary N) is 1. The maximum absolute atomic E-state index is 10.0. The highest BCUT2D eigenvalue weighted by Gasteiger charge is 2.33. The number of rotatable bonds is 4. The third-order valence-electron chi connectivity index (χ3n) is 3.79. The Bertz CT molecular complexity index is 429. The van der Waals surface area contributed by atoms with Crippen LogP contribution >= 0.6 is 0 Å². The van der Waals surface area contributed by atoms with Crippen LogP contribution in [0.4, 0.5) is 0 Å². The van der Waals surface area contributed by atoms with Gasteiger partial charge in [-0.3, -0.25) is 0 Å². The third-order valence-corrected chi connectivity index (χ3v) is 3.79. The van der Waals surface area contributed by atoms with Crippen LogP contribution in [0.5, 0.6) is 5.75 Å². The van der Waals surface area contributed by atoms with Crippen LogP contribution in [0.15, 0.2) is 12.1 Å². The molecule has 0 aliphatic heterocycles. The van der Waals surface area contributed by atoms with E-state index in [2.05, 4.69) is 12.2 Å². The van der Waals surface area contributed by atoms with Gasteiger partial charge in [0.2, 0.25) is 0 Å². The van der Waals surface area contributed by atoms with E-state index in [0.29, 0.717) is 11.7 Å². The van der Waals surface area contributed by atoms with Gasteiger partial charge in [-0.05, 0) is 36.5 Å². The molecule has 0 amide bonds. The maximum Gasteiger partial charge on any atom is 0.120 e. The third kappa shape index (κ3) is 2.23. The molecule has 0 aromatic heterocycles. The highest BCUT2D eigenvalue weighted by molar-refractivity contribution is 5.50. The molecule has 18 heavy (non-hydrogen) atoms. The van der Waals surface area contributed by atoms with E-state index < -0.39 is 0 Å². The van der Waals surface area contributed by atoms with Crippen molar-refractivity contribution in [3.8, 4) is 5.75 Å². The summed E-state index contributed by atoms with van der Waals surface area (Å²) in [4.78, 5) is 0. The van der Waals surface area contributed by atoms with Gasteiger partial charge in [-0.1, -0.05) is 13.0 Å². The molecule has 2 unspecified atom stereocenters. The van der Waals surface area contributed by atoms with Crippen LogP contribution in [-0.2, 0) is 0 Å². The number of hydrogen-bond acceptors (Lipinski definition) is 4. The van der Waals surface area contributed by atoms with E-state index in [1.165, 1.54) is 11.1 Å². The van der Waals surface area contributed by atoms with Crippen molar-refractivity contribution in [1.82, 2.24) is 5.32 Å². The van der Waals surface area contributed by atoms with Crippen LogP contribution in [-0.4, -0.2) is 34.6 Å². The largest absolute Gasteiger partial charge is 0.508 e. The minimum atomic E-state index is -0.340. The van der Waals surface area contributed by atoms with Gasteiger partial charge in [0.1, 0.15) is 5.75 Å². The molecule has 0 bridgehead atoms. The summed E-state index contributed by atoms with van der Waals surface area (Å²) in [7, 11) is 0. The van der Waals surface area contributed by atoms with Gasteiger partial charge in [0.05, 0.1) is 19.3 Å². The molecule has 1 aromatic rings. The van der Waals surface area contributed by atoms with Crippen LogP contribution in [0.1, 0.15) is 42.0 Å². The molecular formula is C14H21NO3. The van der Waals surface area contributed by atoms with Crippen molar-refractivity contribution in [2.45, 2.75) is 38.3 Å². The van der Waals surface area contributed by atoms with Crippen molar-refractivity contribution in [3.63, 3.8) is 0 Å². The molecule has 0 saturated heterocycles. The fourth-order valence-corrected chi connectivity index (χ4v) is 2.94. The highest BCUT2D eigenvalue weighted by Crippen LogP contribution is 2.45. The lowest BCUT2D eigenvalue weighted by Gasteiger charge is -2.21. The molecule has 4 heteroatoms. The topological polar surface area (TPSA) is 72.7 Å². The summed E-state index contributed by atoms with van der Waals surface area (Å²) in [5.41, 5.74) is 3.31. The van der Waals surface area contributed by atoms with E-state index in [0.717, 1.165) is 12.0 Å². The fraction of sp³-hybridized carbons (Fsp3) is 0.571. The second-order valence-corrected chi connectivity index (χ2v) is 5.15. The number of aliphatic hydroxyl groups is 2. The van der Waals surface area contributed by atoms with Crippen molar-refractivity contribution in [2.24, 2.45) is 0 Å². The number of aliphatic hydroxyl groups excluding tert-OH is 2. The summed E-state index contributed by atoms with van der Waals surface area (Å²) in [6, 6.07) is 3.31. The first-order valence-corrected chi connectivity index (χ1v) is 6.38. The van der Waals surface area contributed by atoms with Crippen LogP contribution in [0.25, 0.3) is 0 Å². The number of phenols is 1. The molecule has 100 valence electrons. The van der Waals surface area contributed by atoms with Crippen LogP contribution < -0.4 is 5.32 Å². The van der Waals surface area contributed by atoms with E-state index in [-0.39, 0.29) is 25.3 Å². The quantitative estimate of drug-likeness (QED) is 0.648. The van der Waals surface area contributed by atoms with E-state index in [1.807, 2.05) is 13.0 Å².